The molecule has 152 valence electrons. The van der Waals surface area contributed by atoms with Crippen molar-refractivity contribution >= 4 is 11.8 Å². The van der Waals surface area contributed by atoms with Crippen molar-refractivity contribution in [2.75, 3.05) is 26.7 Å². The number of carbonyl (C=O) groups is 2. The number of hydrogen-bond acceptors (Lipinski definition) is 3. The smallest absolute Gasteiger partial charge is 0.256 e. The molecule has 2 aliphatic rings. The van der Waals surface area contributed by atoms with Crippen LogP contribution in [0.5, 0.6) is 5.75 Å². The molecule has 2 amide bonds. The van der Waals surface area contributed by atoms with Crippen LogP contribution in [0.2, 0.25) is 0 Å². The summed E-state index contributed by atoms with van der Waals surface area (Å²) in [6, 6.07) is 13.6. The average molecular weight is 396 g/mol. The van der Waals surface area contributed by atoms with Gasteiger partial charge in [-0.2, -0.15) is 0 Å². The molecule has 1 saturated carbocycles. The number of ether oxygens (including phenoxy) is 1. The summed E-state index contributed by atoms with van der Waals surface area (Å²) >= 11 is 0. The number of halogens is 1. The minimum atomic E-state index is -0.542. The molecule has 0 radical (unpaired) electrons. The molecule has 29 heavy (non-hydrogen) atoms. The Hall–Kier alpha value is -2.89. The normalized spacial score (nSPS) is 21.1. The molecule has 1 heterocycles. The standard InChI is InChI=1S/C23H25FN2O3/c1-29-17-10-8-16(9-11-17)19-13-26(23(28)18-4-2-3-5-21(18)24)14-20(19)22(27)25-12-15-6-7-15/h2-5,8-11,15,19-20H,6-7,12-14H2,1H3,(H,25,27). The molecule has 1 aliphatic carbocycles. The Morgan fingerprint density at radius 2 is 1.83 bits per heavy atom. The van der Waals surface area contributed by atoms with Crippen LogP contribution in [0.1, 0.15) is 34.7 Å². The van der Waals surface area contributed by atoms with E-state index in [1.165, 1.54) is 12.1 Å². The Balaban J connectivity index is 1.56. The van der Waals surface area contributed by atoms with Gasteiger partial charge in [0.2, 0.25) is 5.91 Å². The van der Waals surface area contributed by atoms with Gasteiger partial charge in [-0.15, -0.1) is 0 Å². The van der Waals surface area contributed by atoms with Crippen molar-refractivity contribution in [3.8, 4) is 5.75 Å². The minimum absolute atomic E-state index is 0.0402. The number of nitrogens with zero attached hydrogens (tertiary/aromatic N) is 1. The molecule has 5 nitrogen and oxygen atoms in total. The number of likely N-dealkylation sites (tertiary alicyclic amines) is 1. The molecule has 0 bridgehead atoms. The summed E-state index contributed by atoms with van der Waals surface area (Å²) in [5, 5.41) is 3.04. The predicted octanol–water partition coefficient (Wildman–Crippen LogP) is 3.22. The predicted molar refractivity (Wildman–Crippen MR) is 107 cm³/mol. The summed E-state index contributed by atoms with van der Waals surface area (Å²) in [6.45, 7) is 1.34. The van der Waals surface area contributed by atoms with Crippen LogP contribution in [-0.4, -0.2) is 43.5 Å². The highest BCUT2D eigenvalue weighted by molar-refractivity contribution is 5.95. The first kappa shape index (κ1) is 19.4. The highest BCUT2D eigenvalue weighted by Gasteiger charge is 2.41. The van der Waals surface area contributed by atoms with Crippen molar-refractivity contribution in [3.05, 3.63) is 65.5 Å². The van der Waals surface area contributed by atoms with Crippen molar-refractivity contribution in [1.82, 2.24) is 10.2 Å². The van der Waals surface area contributed by atoms with Gasteiger partial charge in [-0.05, 0) is 48.6 Å². The van der Waals surface area contributed by atoms with Gasteiger partial charge in [-0.3, -0.25) is 9.59 Å². The first-order valence-corrected chi connectivity index (χ1v) is 10.0. The van der Waals surface area contributed by atoms with E-state index in [9.17, 15) is 14.0 Å². The van der Waals surface area contributed by atoms with Gasteiger partial charge in [0.15, 0.2) is 0 Å². The number of methoxy groups -OCH3 is 1. The Labute approximate surface area is 169 Å². The third-order valence-electron chi connectivity index (χ3n) is 5.85. The Morgan fingerprint density at radius 3 is 2.48 bits per heavy atom. The lowest BCUT2D eigenvalue weighted by molar-refractivity contribution is -0.125. The number of carbonyl (C=O) groups excluding carboxylic acids is 2. The second-order valence-corrected chi connectivity index (χ2v) is 7.86. The summed E-state index contributed by atoms with van der Waals surface area (Å²) in [6.07, 6.45) is 2.31. The Bertz CT molecular complexity index is 895. The minimum Gasteiger partial charge on any atom is -0.497 e. The number of nitrogens with one attached hydrogen (secondary N) is 1. The Kier molecular flexibility index (Phi) is 5.51. The van der Waals surface area contributed by atoms with E-state index in [1.807, 2.05) is 24.3 Å². The summed E-state index contributed by atoms with van der Waals surface area (Å²) in [5.41, 5.74) is 1.02. The number of benzene rings is 2. The van der Waals surface area contributed by atoms with E-state index in [-0.39, 0.29) is 35.8 Å². The van der Waals surface area contributed by atoms with E-state index >= 15 is 0 Å². The fourth-order valence-corrected chi connectivity index (χ4v) is 3.93. The van der Waals surface area contributed by atoms with Crippen LogP contribution in [0.25, 0.3) is 0 Å². The van der Waals surface area contributed by atoms with E-state index in [0.717, 1.165) is 24.2 Å². The molecule has 1 N–H and O–H groups in total. The molecule has 0 aromatic heterocycles. The highest BCUT2D eigenvalue weighted by Crippen LogP contribution is 2.35. The van der Waals surface area contributed by atoms with Crippen LogP contribution in [0.3, 0.4) is 0 Å². The molecule has 0 spiro atoms. The zero-order valence-electron chi connectivity index (χ0n) is 16.4. The lowest BCUT2D eigenvalue weighted by Crippen LogP contribution is -2.36. The quantitative estimate of drug-likeness (QED) is 0.816. The second-order valence-electron chi connectivity index (χ2n) is 7.86. The molecule has 4 rings (SSSR count). The highest BCUT2D eigenvalue weighted by atomic mass is 19.1. The van der Waals surface area contributed by atoms with Gasteiger partial charge in [0.05, 0.1) is 18.6 Å². The van der Waals surface area contributed by atoms with Crippen molar-refractivity contribution in [3.63, 3.8) is 0 Å². The van der Waals surface area contributed by atoms with E-state index in [0.29, 0.717) is 19.0 Å². The van der Waals surface area contributed by atoms with Crippen LogP contribution in [0.4, 0.5) is 4.39 Å². The number of hydrogen-bond donors (Lipinski definition) is 1. The summed E-state index contributed by atoms with van der Waals surface area (Å²) in [4.78, 5) is 27.4. The Morgan fingerprint density at radius 1 is 1.10 bits per heavy atom. The first-order valence-electron chi connectivity index (χ1n) is 10.0. The van der Waals surface area contributed by atoms with Gasteiger partial charge < -0.3 is 15.0 Å². The van der Waals surface area contributed by atoms with Crippen LogP contribution < -0.4 is 10.1 Å². The van der Waals surface area contributed by atoms with Gasteiger partial charge in [0.25, 0.3) is 5.91 Å². The topological polar surface area (TPSA) is 58.6 Å². The fourth-order valence-electron chi connectivity index (χ4n) is 3.93. The molecule has 1 aliphatic heterocycles. The fraction of sp³-hybridized carbons (Fsp3) is 0.391. The van der Waals surface area contributed by atoms with Gasteiger partial charge in [-0.1, -0.05) is 24.3 Å². The van der Waals surface area contributed by atoms with E-state index < -0.39 is 5.82 Å². The molecule has 2 fully saturated rings. The second kappa shape index (κ2) is 8.23. The third kappa shape index (κ3) is 4.26. The third-order valence-corrected chi connectivity index (χ3v) is 5.85. The molecule has 1 saturated heterocycles. The van der Waals surface area contributed by atoms with Crippen LogP contribution in [-0.2, 0) is 4.79 Å². The maximum atomic E-state index is 14.1. The van der Waals surface area contributed by atoms with Gasteiger partial charge in [0, 0.05) is 25.6 Å². The average Bonchev–Trinajstić information content (AvgIpc) is 3.47. The first-order chi connectivity index (χ1) is 14.1. The van der Waals surface area contributed by atoms with Crippen molar-refractivity contribution < 1.29 is 18.7 Å². The maximum Gasteiger partial charge on any atom is 0.256 e. The van der Waals surface area contributed by atoms with E-state index in [1.54, 1.807) is 24.1 Å². The number of rotatable bonds is 6. The zero-order chi connectivity index (χ0) is 20.4. The molecular formula is C23H25FN2O3. The van der Waals surface area contributed by atoms with Crippen LogP contribution >= 0.6 is 0 Å². The van der Waals surface area contributed by atoms with Gasteiger partial charge in [-0.25, -0.2) is 4.39 Å². The summed E-state index contributed by atoms with van der Waals surface area (Å²) in [7, 11) is 1.60. The largest absolute Gasteiger partial charge is 0.497 e. The molecule has 2 unspecified atom stereocenters. The van der Waals surface area contributed by atoms with Crippen molar-refractivity contribution in [2.45, 2.75) is 18.8 Å². The van der Waals surface area contributed by atoms with Crippen LogP contribution in [0.15, 0.2) is 48.5 Å². The van der Waals surface area contributed by atoms with Crippen molar-refractivity contribution in [1.29, 1.82) is 0 Å². The number of amides is 2. The summed E-state index contributed by atoms with van der Waals surface area (Å²) in [5.74, 6) is -0.147. The van der Waals surface area contributed by atoms with Crippen molar-refractivity contribution in [2.24, 2.45) is 11.8 Å². The molecule has 6 heteroatoms. The van der Waals surface area contributed by atoms with Crippen LogP contribution in [0, 0.1) is 17.7 Å². The van der Waals surface area contributed by atoms with Gasteiger partial charge in [0.1, 0.15) is 11.6 Å². The molecule has 2 aromatic carbocycles. The van der Waals surface area contributed by atoms with Gasteiger partial charge >= 0.3 is 0 Å². The SMILES string of the molecule is COc1ccc(C2CN(C(=O)c3ccccc3F)CC2C(=O)NCC2CC2)cc1. The maximum absolute atomic E-state index is 14.1. The van der Waals surface area contributed by atoms with E-state index in [4.69, 9.17) is 4.74 Å². The monoisotopic (exact) mass is 396 g/mol. The van der Waals surface area contributed by atoms with E-state index in [2.05, 4.69) is 5.32 Å². The lowest BCUT2D eigenvalue weighted by atomic mass is 9.88. The zero-order valence-corrected chi connectivity index (χ0v) is 16.4. The lowest BCUT2D eigenvalue weighted by Gasteiger charge is -2.18. The molecular weight excluding hydrogens is 371 g/mol. The molecule has 2 atom stereocenters. The molecule has 2 aromatic rings. The summed E-state index contributed by atoms with van der Waals surface area (Å²) < 4.78 is 19.4.